The van der Waals surface area contributed by atoms with E-state index in [2.05, 4.69) is 15.5 Å². The molecule has 0 radical (unpaired) electrons. The van der Waals surface area contributed by atoms with Crippen molar-refractivity contribution >= 4 is 39.4 Å². The minimum atomic E-state index is -1.14. The van der Waals surface area contributed by atoms with Crippen molar-refractivity contribution < 1.29 is 19.1 Å². The van der Waals surface area contributed by atoms with Crippen molar-refractivity contribution in [2.45, 2.75) is 19.9 Å². The fourth-order valence-electron chi connectivity index (χ4n) is 2.09. The van der Waals surface area contributed by atoms with Crippen LogP contribution in [0.3, 0.4) is 0 Å². The minimum Gasteiger partial charge on any atom is -0.478 e. The summed E-state index contributed by atoms with van der Waals surface area (Å²) in [7, 11) is 0. The lowest BCUT2D eigenvalue weighted by atomic mass is 10.2. The van der Waals surface area contributed by atoms with Crippen LogP contribution < -0.4 is 11.1 Å². The fourth-order valence-corrected chi connectivity index (χ4v) is 2.79. The van der Waals surface area contributed by atoms with Crippen LogP contribution in [0.25, 0.3) is 11.1 Å². The second-order valence-electron chi connectivity index (χ2n) is 4.84. The predicted molar refractivity (Wildman–Crippen MR) is 85.4 cm³/mol. The van der Waals surface area contributed by atoms with Crippen molar-refractivity contribution in [3.05, 3.63) is 39.3 Å². The standard InChI is InChI=1S/C14H12N4O5S/c1-2-11-16-17-13(24-11)15-10(19)6-18-8-5-7(12(20)21)3-4-9(8)23-14(18)22/h3-5H,2,6H2,1H3,(H,20,21)(H,15,17,19). The molecule has 2 aromatic heterocycles. The van der Waals surface area contributed by atoms with E-state index in [9.17, 15) is 14.4 Å². The van der Waals surface area contributed by atoms with E-state index in [1.165, 1.54) is 29.5 Å². The first-order valence-electron chi connectivity index (χ1n) is 6.97. The predicted octanol–water partition coefficient (Wildman–Crippen LogP) is 1.35. The maximum Gasteiger partial charge on any atom is 0.420 e. The quantitative estimate of drug-likeness (QED) is 0.712. The average Bonchev–Trinajstić information content (AvgIpc) is 3.11. The van der Waals surface area contributed by atoms with Crippen molar-refractivity contribution in [2.75, 3.05) is 5.32 Å². The van der Waals surface area contributed by atoms with E-state index in [-0.39, 0.29) is 23.2 Å². The van der Waals surface area contributed by atoms with Gasteiger partial charge < -0.3 is 9.52 Å². The van der Waals surface area contributed by atoms with Crippen LogP contribution in [0.1, 0.15) is 22.3 Å². The lowest BCUT2D eigenvalue weighted by Gasteiger charge is -2.02. The molecular weight excluding hydrogens is 336 g/mol. The molecule has 3 rings (SSSR count). The van der Waals surface area contributed by atoms with Crippen LogP contribution in [0.15, 0.2) is 27.4 Å². The number of carboxylic acids is 1. The highest BCUT2D eigenvalue weighted by Crippen LogP contribution is 2.17. The molecule has 1 aromatic carbocycles. The van der Waals surface area contributed by atoms with E-state index < -0.39 is 17.6 Å². The highest BCUT2D eigenvalue weighted by molar-refractivity contribution is 7.15. The number of anilines is 1. The molecule has 0 atom stereocenters. The summed E-state index contributed by atoms with van der Waals surface area (Å²) in [4.78, 5) is 35.0. The monoisotopic (exact) mass is 348 g/mol. The maximum atomic E-state index is 12.1. The van der Waals surface area contributed by atoms with E-state index >= 15 is 0 Å². The third-order valence-electron chi connectivity index (χ3n) is 3.23. The lowest BCUT2D eigenvalue weighted by molar-refractivity contribution is -0.116. The van der Waals surface area contributed by atoms with Crippen LogP contribution in [0, 0.1) is 0 Å². The van der Waals surface area contributed by atoms with Crippen LogP contribution in [-0.4, -0.2) is 31.7 Å². The third kappa shape index (κ3) is 3.04. The molecule has 0 aliphatic heterocycles. The number of carbonyl (C=O) groups is 2. The van der Waals surface area contributed by atoms with Crippen LogP contribution in [-0.2, 0) is 17.8 Å². The summed E-state index contributed by atoms with van der Waals surface area (Å²) in [6.07, 6.45) is 0.706. The Morgan fingerprint density at radius 3 is 2.83 bits per heavy atom. The molecule has 2 heterocycles. The number of oxazole rings is 1. The number of benzene rings is 1. The number of hydrogen-bond acceptors (Lipinski definition) is 7. The molecule has 0 unspecified atom stereocenters. The SMILES string of the molecule is CCc1nnc(NC(=O)Cn2c(=O)oc3ccc(C(=O)O)cc32)s1. The van der Waals surface area contributed by atoms with Crippen LogP contribution >= 0.6 is 11.3 Å². The number of aromatic carboxylic acids is 1. The fraction of sp³-hybridized carbons (Fsp3) is 0.214. The van der Waals surface area contributed by atoms with Crippen molar-refractivity contribution in [2.24, 2.45) is 0 Å². The van der Waals surface area contributed by atoms with Gasteiger partial charge in [-0.15, -0.1) is 10.2 Å². The van der Waals surface area contributed by atoms with E-state index in [1.807, 2.05) is 6.92 Å². The summed E-state index contributed by atoms with van der Waals surface area (Å²) < 4.78 is 6.08. The molecule has 9 nitrogen and oxygen atoms in total. The molecule has 0 spiro atoms. The highest BCUT2D eigenvalue weighted by Gasteiger charge is 2.16. The van der Waals surface area contributed by atoms with Gasteiger partial charge in [0.05, 0.1) is 11.1 Å². The molecule has 124 valence electrons. The van der Waals surface area contributed by atoms with Gasteiger partial charge in [-0.25, -0.2) is 9.59 Å². The van der Waals surface area contributed by atoms with E-state index in [0.29, 0.717) is 11.6 Å². The highest BCUT2D eigenvalue weighted by atomic mass is 32.1. The lowest BCUT2D eigenvalue weighted by Crippen LogP contribution is -2.24. The Morgan fingerprint density at radius 2 is 2.17 bits per heavy atom. The van der Waals surface area contributed by atoms with Gasteiger partial charge in [0, 0.05) is 0 Å². The zero-order valence-corrected chi connectivity index (χ0v) is 13.3. The second kappa shape index (κ2) is 6.24. The minimum absolute atomic E-state index is 0.00540. The van der Waals surface area contributed by atoms with Gasteiger partial charge in [0.25, 0.3) is 0 Å². The molecule has 2 N–H and O–H groups in total. The summed E-state index contributed by atoms with van der Waals surface area (Å²) in [5, 5.41) is 20.4. The van der Waals surface area contributed by atoms with Gasteiger partial charge in [0.2, 0.25) is 11.0 Å². The van der Waals surface area contributed by atoms with Gasteiger partial charge in [0.15, 0.2) is 5.58 Å². The van der Waals surface area contributed by atoms with E-state index in [4.69, 9.17) is 9.52 Å². The molecule has 3 aromatic rings. The van der Waals surface area contributed by atoms with Crippen molar-refractivity contribution in [3.63, 3.8) is 0 Å². The Kier molecular flexibility index (Phi) is 4.13. The molecule has 0 saturated carbocycles. The number of hydrogen-bond donors (Lipinski definition) is 2. The normalized spacial score (nSPS) is 10.9. The number of carboxylic acid groups (broad SMARTS) is 1. The number of fused-ring (bicyclic) bond motifs is 1. The Labute approximate surface area is 138 Å². The summed E-state index contributed by atoms with van der Waals surface area (Å²) in [5.74, 6) is -2.36. The largest absolute Gasteiger partial charge is 0.478 e. The topological polar surface area (TPSA) is 127 Å². The Morgan fingerprint density at radius 1 is 1.38 bits per heavy atom. The summed E-state index contributed by atoms with van der Waals surface area (Å²) in [5.41, 5.74) is 0.442. The van der Waals surface area contributed by atoms with Gasteiger partial charge >= 0.3 is 11.7 Å². The Balaban J connectivity index is 1.87. The maximum absolute atomic E-state index is 12.1. The first-order valence-corrected chi connectivity index (χ1v) is 7.78. The number of aryl methyl sites for hydroxylation is 1. The average molecular weight is 348 g/mol. The third-order valence-corrected chi connectivity index (χ3v) is 4.21. The van der Waals surface area contributed by atoms with Gasteiger partial charge in [-0.2, -0.15) is 0 Å². The summed E-state index contributed by atoms with van der Waals surface area (Å²) in [6, 6.07) is 3.99. The zero-order valence-electron chi connectivity index (χ0n) is 12.5. The van der Waals surface area contributed by atoms with Crippen LogP contribution in [0.4, 0.5) is 5.13 Å². The molecule has 0 fully saturated rings. The molecule has 1 amide bonds. The van der Waals surface area contributed by atoms with Gasteiger partial charge in [0.1, 0.15) is 11.6 Å². The van der Waals surface area contributed by atoms with E-state index in [0.717, 1.165) is 9.57 Å². The summed E-state index contributed by atoms with van der Waals surface area (Å²) >= 11 is 1.25. The first kappa shape index (κ1) is 15.9. The van der Waals surface area contributed by atoms with Gasteiger partial charge in [-0.05, 0) is 24.6 Å². The molecule has 0 saturated heterocycles. The van der Waals surface area contributed by atoms with Crippen LogP contribution in [0.5, 0.6) is 0 Å². The number of nitrogens with one attached hydrogen (secondary N) is 1. The van der Waals surface area contributed by atoms with Crippen molar-refractivity contribution in [3.8, 4) is 0 Å². The molecule has 0 aliphatic carbocycles. The molecule has 10 heteroatoms. The number of nitrogens with zero attached hydrogens (tertiary/aromatic N) is 3. The van der Waals surface area contributed by atoms with Gasteiger partial charge in [-0.3, -0.25) is 14.7 Å². The summed E-state index contributed by atoms with van der Waals surface area (Å²) in [6.45, 7) is 1.60. The molecular formula is C14H12N4O5S. The first-order chi connectivity index (χ1) is 11.5. The molecule has 0 aliphatic rings. The number of aromatic nitrogens is 3. The van der Waals surface area contributed by atoms with Crippen molar-refractivity contribution in [1.29, 1.82) is 0 Å². The number of carbonyl (C=O) groups excluding carboxylic acids is 1. The Bertz CT molecular complexity index is 987. The molecule has 0 bridgehead atoms. The van der Waals surface area contributed by atoms with Crippen LogP contribution in [0.2, 0.25) is 0 Å². The number of rotatable bonds is 5. The number of amides is 1. The van der Waals surface area contributed by atoms with Crippen molar-refractivity contribution in [1.82, 2.24) is 14.8 Å². The zero-order chi connectivity index (χ0) is 17.3. The Hall–Kier alpha value is -3.01. The molecule has 24 heavy (non-hydrogen) atoms. The van der Waals surface area contributed by atoms with E-state index in [1.54, 1.807) is 0 Å². The smallest absolute Gasteiger partial charge is 0.420 e. The second-order valence-corrected chi connectivity index (χ2v) is 5.91. The van der Waals surface area contributed by atoms with Gasteiger partial charge in [-0.1, -0.05) is 18.3 Å².